The highest BCUT2D eigenvalue weighted by Gasteiger charge is 2.22. The summed E-state index contributed by atoms with van der Waals surface area (Å²) >= 11 is 0. The van der Waals surface area contributed by atoms with E-state index in [2.05, 4.69) is 36.0 Å². The molecule has 0 unspecified atom stereocenters. The number of aromatic nitrogens is 3. The van der Waals surface area contributed by atoms with E-state index in [9.17, 15) is 8.42 Å². The monoisotopic (exact) mass is 420 g/mol. The summed E-state index contributed by atoms with van der Waals surface area (Å²) in [6.07, 6.45) is 6.59. The van der Waals surface area contributed by atoms with Gasteiger partial charge in [-0.2, -0.15) is 0 Å². The molecule has 29 heavy (non-hydrogen) atoms. The third kappa shape index (κ3) is 5.46. The molecule has 160 valence electrons. The van der Waals surface area contributed by atoms with Crippen molar-refractivity contribution in [3.63, 3.8) is 0 Å². The summed E-state index contributed by atoms with van der Waals surface area (Å²) in [5.74, 6) is 0.656. The number of hydrogen-bond acceptors (Lipinski definition) is 6. The van der Waals surface area contributed by atoms with Crippen LogP contribution in [0.1, 0.15) is 38.5 Å². The summed E-state index contributed by atoms with van der Waals surface area (Å²) in [6.45, 7) is 5.32. The van der Waals surface area contributed by atoms with Gasteiger partial charge in [-0.15, -0.1) is 5.10 Å². The maximum atomic E-state index is 12.3. The molecule has 2 aliphatic rings. The molecular formula is C20H32N6O2S. The van der Waals surface area contributed by atoms with Crippen LogP contribution in [0, 0.1) is 5.92 Å². The minimum absolute atomic E-state index is 0.305. The van der Waals surface area contributed by atoms with Crippen molar-refractivity contribution in [3.8, 4) is 0 Å². The Morgan fingerprint density at radius 3 is 2.69 bits per heavy atom. The van der Waals surface area contributed by atoms with E-state index in [-0.39, 0.29) is 0 Å². The quantitative estimate of drug-likeness (QED) is 0.634. The van der Waals surface area contributed by atoms with Crippen molar-refractivity contribution in [1.29, 1.82) is 0 Å². The van der Waals surface area contributed by atoms with Gasteiger partial charge in [-0.25, -0.2) is 13.1 Å². The van der Waals surface area contributed by atoms with Crippen molar-refractivity contribution >= 4 is 26.7 Å². The third-order valence-electron chi connectivity index (χ3n) is 6.21. The molecular weight excluding hydrogens is 388 g/mol. The number of H-pyrrole nitrogens is 1. The second-order valence-electron chi connectivity index (χ2n) is 8.35. The fourth-order valence-electron chi connectivity index (χ4n) is 4.58. The predicted octanol–water partition coefficient (Wildman–Crippen LogP) is 1.97. The van der Waals surface area contributed by atoms with Gasteiger partial charge in [0.15, 0.2) is 0 Å². The molecule has 2 N–H and O–H groups in total. The Labute approximate surface area is 173 Å². The molecule has 1 aromatic heterocycles. The summed E-state index contributed by atoms with van der Waals surface area (Å²) in [4.78, 5) is 4.78. The van der Waals surface area contributed by atoms with Crippen LogP contribution in [-0.2, 0) is 10.0 Å². The van der Waals surface area contributed by atoms with E-state index in [4.69, 9.17) is 0 Å². The molecule has 1 aliphatic carbocycles. The normalized spacial score (nSPS) is 19.8. The van der Waals surface area contributed by atoms with E-state index in [0.29, 0.717) is 18.2 Å². The highest BCUT2D eigenvalue weighted by molar-refractivity contribution is 7.89. The summed E-state index contributed by atoms with van der Waals surface area (Å²) in [5.41, 5.74) is 3.04. The molecule has 0 spiro atoms. The highest BCUT2D eigenvalue weighted by atomic mass is 32.2. The summed E-state index contributed by atoms with van der Waals surface area (Å²) in [7, 11) is -3.14. The van der Waals surface area contributed by atoms with Gasteiger partial charge in [0, 0.05) is 32.7 Å². The average molecular weight is 421 g/mol. The van der Waals surface area contributed by atoms with E-state index in [1.165, 1.54) is 19.3 Å². The van der Waals surface area contributed by atoms with E-state index >= 15 is 0 Å². The standard InChI is InChI=1S/C20H32N6O2S/c27-29(28,16-17-6-2-1-3-7-17)21-10-5-11-25-12-14-26(15-13-25)19-9-4-8-18-20(19)23-24-22-18/h4,8-9,17,21H,1-3,5-7,10-16H2,(H,22,23,24). The molecule has 0 atom stereocenters. The largest absolute Gasteiger partial charge is 0.367 e. The molecule has 4 rings (SSSR count). The summed E-state index contributed by atoms with van der Waals surface area (Å²) in [5, 5.41) is 11.0. The number of benzene rings is 1. The van der Waals surface area contributed by atoms with Gasteiger partial charge in [0.2, 0.25) is 10.0 Å². The Morgan fingerprint density at radius 1 is 1.10 bits per heavy atom. The van der Waals surface area contributed by atoms with Crippen molar-refractivity contribution in [2.24, 2.45) is 5.92 Å². The fraction of sp³-hybridized carbons (Fsp3) is 0.700. The van der Waals surface area contributed by atoms with Gasteiger partial charge in [0.1, 0.15) is 11.0 Å². The first-order chi connectivity index (χ1) is 14.1. The van der Waals surface area contributed by atoms with Crippen LogP contribution in [0.2, 0.25) is 0 Å². The molecule has 0 bridgehead atoms. The van der Waals surface area contributed by atoms with Crippen LogP contribution in [0.15, 0.2) is 18.2 Å². The number of aromatic amines is 1. The van der Waals surface area contributed by atoms with Crippen molar-refractivity contribution in [2.75, 3.05) is 49.9 Å². The zero-order valence-corrected chi connectivity index (χ0v) is 17.8. The molecule has 0 amide bonds. The first-order valence-corrected chi connectivity index (χ1v) is 12.5. The lowest BCUT2D eigenvalue weighted by atomic mass is 9.91. The number of fused-ring (bicyclic) bond motifs is 1. The van der Waals surface area contributed by atoms with Gasteiger partial charge in [-0.3, -0.25) is 10.00 Å². The van der Waals surface area contributed by atoms with Crippen molar-refractivity contribution < 1.29 is 8.42 Å². The number of piperazine rings is 1. The van der Waals surface area contributed by atoms with Crippen LogP contribution < -0.4 is 9.62 Å². The van der Waals surface area contributed by atoms with Crippen molar-refractivity contribution in [3.05, 3.63) is 18.2 Å². The number of rotatable bonds is 8. The number of nitrogens with one attached hydrogen (secondary N) is 2. The van der Waals surface area contributed by atoms with Crippen LogP contribution >= 0.6 is 0 Å². The van der Waals surface area contributed by atoms with E-state index < -0.39 is 10.0 Å². The van der Waals surface area contributed by atoms with Gasteiger partial charge in [0.05, 0.1) is 11.4 Å². The molecule has 1 aromatic carbocycles. The van der Waals surface area contributed by atoms with Crippen LogP contribution in [0.25, 0.3) is 11.0 Å². The van der Waals surface area contributed by atoms with Crippen LogP contribution in [0.5, 0.6) is 0 Å². The topological polar surface area (TPSA) is 94.2 Å². The molecule has 2 heterocycles. The minimum Gasteiger partial charge on any atom is -0.367 e. The number of sulfonamides is 1. The second kappa shape index (κ2) is 9.40. The smallest absolute Gasteiger partial charge is 0.211 e. The predicted molar refractivity (Wildman–Crippen MR) is 116 cm³/mol. The Balaban J connectivity index is 1.17. The second-order valence-corrected chi connectivity index (χ2v) is 10.2. The van der Waals surface area contributed by atoms with E-state index in [1.54, 1.807) is 0 Å². The fourth-order valence-corrected chi connectivity index (χ4v) is 6.11. The molecule has 2 fully saturated rings. The van der Waals surface area contributed by atoms with Gasteiger partial charge in [0.25, 0.3) is 0 Å². The van der Waals surface area contributed by atoms with Crippen LogP contribution in [0.4, 0.5) is 5.69 Å². The van der Waals surface area contributed by atoms with Gasteiger partial charge < -0.3 is 4.90 Å². The Hall–Kier alpha value is -1.71. The summed E-state index contributed by atoms with van der Waals surface area (Å²) in [6, 6.07) is 6.10. The lowest BCUT2D eigenvalue weighted by Gasteiger charge is -2.36. The number of nitrogens with zero attached hydrogens (tertiary/aromatic N) is 4. The minimum atomic E-state index is -3.14. The molecule has 1 saturated carbocycles. The maximum Gasteiger partial charge on any atom is 0.211 e. The molecule has 1 saturated heterocycles. The van der Waals surface area contributed by atoms with Crippen LogP contribution in [0.3, 0.4) is 0 Å². The first kappa shape index (κ1) is 20.6. The van der Waals surface area contributed by atoms with Gasteiger partial charge in [-0.1, -0.05) is 30.5 Å². The molecule has 2 aromatic rings. The van der Waals surface area contributed by atoms with E-state index in [1.807, 2.05) is 12.1 Å². The van der Waals surface area contributed by atoms with Crippen molar-refractivity contribution in [1.82, 2.24) is 25.0 Å². The van der Waals surface area contributed by atoms with Gasteiger partial charge in [-0.05, 0) is 43.9 Å². The molecule has 8 nitrogen and oxygen atoms in total. The first-order valence-electron chi connectivity index (χ1n) is 10.9. The van der Waals surface area contributed by atoms with Gasteiger partial charge >= 0.3 is 0 Å². The number of hydrogen-bond donors (Lipinski definition) is 2. The molecule has 1 aliphatic heterocycles. The summed E-state index contributed by atoms with van der Waals surface area (Å²) < 4.78 is 27.4. The van der Waals surface area contributed by atoms with Crippen LogP contribution in [-0.4, -0.2) is 73.7 Å². The third-order valence-corrected chi connectivity index (χ3v) is 7.76. The number of anilines is 1. The SMILES string of the molecule is O=S(=O)(CC1CCCCC1)NCCCN1CCN(c2cccc3nn[nH]c23)CC1. The average Bonchev–Trinajstić information content (AvgIpc) is 3.21. The Kier molecular flexibility index (Phi) is 6.67. The zero-order chi connectivity index (χ0) is 20.1. The lowest BCUT2D eigenvalue weighted by molar-refractivity contribution is 0.255. The highest BCUT2D eigenvalue weighted by Crippen LogP contribution is 2.25. The Bertz CT molecular complexity index is 885. The Morgan fingerprint density at radius 2 is 1.90 bits per heavy atom. The number of para-hydroxylation sites is 1. The van der Waals surface area contributed by atoms with E-state index in [0.717, 1.165) is 68.7 Å². The zero-order valence-electron chi connectivity index (χ0n) is 17.0. The maximum absolute atomic E-state index is 12.3. The lowest BCUT2D eigenvalue weighted by Crippen LogP contribution is -2.47. The molecule has 9 heteroatoms. The van der Waals surface area contributed by atoms with Crippen molar-refractivity contribution in [2.45, 2.75) is 38.5 Å². The molecule has 0 radical (unpaired) electrons.